The second kappa shape index (κ2) is 7.25. The van der Waals surface area contributed by atoms with E-state index in [0.29, 0.717) is 12.1 Å². The molecule has 0 aromatic carbocycles. The van der Waals surface area contributed by atoms with Gasteiger partial charge in [-0.3, -0.25) is 4.90 Å². The SMILES string of the molecule is CCC(O)CCCNC1CCN(C(C)C)C1. The van der Waals surface area contributed by atoms with E-state index in [-0.39, 0.29) is 6.10 Å². The third-order valence-electron chi connectivity index (χ3n) is 3.57. The highest BCUT2D eigenvalue weighted by Crippen LogP contribution is 2.12. The lowest BCUT2D eigenvalue weighted by Gasteiger charge is -2.20. The molecule has 2 N–H and O–H groups in total. The third-order valence-corrected chi connectivity index (χ3v) is 3.57. The van der Waals surface area contributed by atoms with Gasteiger partial charge in [-0.2, -0.15) is 0 Å². The molecule has 1 aliphatic rings. The normalized spacial score (nSPS) is 24.2. The largest absolute Gasteiger partial charge is 0.393 e. The Kier molecular flexibility index (Phi) is 6.32. The average Bonchev–Trinajstić information content (AvgIpc) is 2.72. The van der Waals surface area contributed by atoms with Gasteiger partial charge in [0, 0.05) is 18.6 Å². The maximum atomic E-state index is 9.43. The van der Waals surface area contributed by atoms with Crippen LogP contribution in [0, 0.1) is 0 Å². The molecule has 0 aromatic rings. The molecule has 0 radical (unpaired) electrons. The monoisotopic (exact) mass is 228 g/mol. The number of hydrogen-bond acceptors (Lipinski definition) is 3. The van der Waals surface area contributed by atoms with Gasteiger partial charge in [0.1, 0.15) is 0 Å². The molecule has 1 heterocycles. The Balaban J connectivity index is 2.02. The first-order valence-corrected chi connectivity index (χ1v) is 6.79. The van der Waals surface area contributed by atoms with Crippen molar-refractivity contribution in [2.45, 2.75) is 64.6 Å². The summed E-state index contributed by atoms with van der Waals surface area (Å²) >= 11 is 0. The molecule has 3 nitrogen and oxygen atoms in total. The van der Waals surface area contributed by atoms with Crippen LogP contribution in [-0.4, -0.2) is 47.8 Å². The van der Waals surface area contributed by atoms with E-state index < -0.39 is 0 Å². The summed E-state index contributed by atoms with van der Waals surface area (Å²) in [5.41, 5.74) is 0. The molecular weight excluding hydrogens is 200 g/mol. The van der Waals surface area contributed by atoms with E-state index in [1.54, 1.807) is 0 Å². The van der Waals surface area contributed by atoms with Gasteiger partial charge in [-0.25, -0.2) is 0 Å². The molecule has 0 spiro atoms. The van der Waals surface area contributed by atoms with Crippen LogP contribution in [0.1, 0.15) is 46.5 Å². The number of hydrogen-bond donors (Lipinski definition) is 2. The Morgan fingerprint density at radius 1 is 1.44 bits per heavy atom. The van der Waals surface area contributed by atoms with Crippen LogP contribution in [0.4, 0.5) is 0 Å². The number of rotatable bonds is 7. The summed E-state index contributed by atoms with van der Waals surface area (Å²) in [4.78, 5) is 2.53. The average molecular weight is 228 g/mol. The van der Waals surface area contributed by atoms with Crippen LogP contribution in [0.5, 0.6) is 0 Å². The number of likely N-dealkylation sites (tertiary alicyclic amines) is 1. The first kappa shape index (κ1) is 13.9. The molecule has 0 saturated carbocycles. The summed E-state index contributed by atoms with van der Waals surface area (Å²) < 4.78 is 0. The highest BCUT2D eigenvalue weighted by Gasteiger charge is 2.23. The second-order valence-corrected chi connectivity index (χ2v) is 5.23. The quantitative estimate of drug-likeness (QED) is 0.650. The van der Waals surface area contributed by atoms with Crippen LogP contribution < -0.4 is 5.32 Å². The number of nitrogens with zero attached hydrogens (tertiary/aromatic N) is 1. The topological polar surface area (TPSA) is 35.5 Å². The van der Waals surface area contributed by atoms with Crippen LogP contribution >= 0.6 is 0 Å². The summed E-state index contributed by atoms with van der Waals surface area (Å²) in [6.45, 7) is 10.0. The molecule has 96 valence electrons. The van der Waals surface area contributed by atoms with Crippen molar-refractivity contribution in [3.8, 4) is 0 Å². The molecule has 16 heavy (non-hydrogen) atoms. The van der Waals surface area contributed by atoms with Crippen molar-refractivity contribution in [2.75, 3.05) is 19.6 Å². The predicted octanol–water partition coefficient (Wildman–Crippen LogP) is 1.61. The van der Waals surface area contributed by atoms with Gasteiger partial charge in [-0.05, 0) is 52.6 Å². The zero-order valence-electron chi connectivity index (χ0n) is 11.1. The first-order chi connectivity index (χ1) is 7.63. The van der Waals surface area contributed by atoms with E-state index in [1.165, 1.54) is 19.5 Å². The van der Waals surface area contributed by atoms with Gasteiger partial charge in [-0.15, -0.1) is 0 Å². The van der Waals surface area contributed by atoms with Crippen molar-refractivity contribution in [3.63, 3.8) is 0 Å². The summed E-state index contributed by atoms with van der Waals surface area (Å²) in [5.74, 6) is 0. The van der Waals surface area contributed by atoms with Crippen molar-refractivity contribution in [2.24, 2.45) is 0 Å². The van der Waals surface area contributed by atoms with Crippen LogP contribution in [0.15, 0.2) is 0 Å². The van der Waals surface area contributed by atoms with Crippen LogP contribution in [0.3, 0.4) is 0 Å². The zero-order chi connectivity index (χ0) is 12.0. The Bertz CT molecular complexity index is 185. The van der Waals surface area contributed by atoms with Gasteiger partial charge in [-0.1, -0.05) is 6.92 Å². The second-order valence-electron chi connectivity index (χ2n) is 5.23. The molecule has 1 aliphatic heterocycles. The summed E-state index contributed by atoms with van der Waals surface area (Å²) in [7, 11) is 0. The van der Waals surface area contributed by atoms with Crippen molar-refractivity contribution < 1.29 is 5.11 Å². The van der Waals surface area contributed by atoms with Crippen molar-refractivity contribution in [1.82, 2.24) is 10.2 Å². The third kappa shape index (κ3) is 4.81. The molecule has 0 aromatic heterocycles. The Labute approximate surface area is 100 Å². The van der Waals surface area contributed by atoms with E-state index in [9.17, 15) is 5.11 Å². The Morgan fingerprint density at radius 3 is 2.75 bits per heavy atom. The van der Waals surface area contributed by atoms with Gasteiger partial charge in [0.25, 0.3) is 0 Å². The number of aliphatic hydroxyl groups is 1. The Hall–Kier alpha value is -0.120. The fraction of sp³-hybridized carbons (Fsp3) is 1.00. The van der Waals surface area contributed by atoms with Gasteiger partial charge in [0.15, 0.2) is 0 Å². The zero-order valence-corrected chi connectivity index (χ0v) is 11.1. The summed E-state index contributed by atoms with van der Waals surface area (Å²) in [6.07, 6.45) is 4.08. The molecule has 2 unspecified atom stereocenters. The molecule has 3 heteroatoms. The fourth-order valence-corrected chi connectivity index (χ4v) is 2.27. The molecule has 2 atom stereocenters. The molecule has 1 saturated heterocycles. The van der Waals surface area contributed by atoms with Crippen molar-refractivity contribution in [1.29, 1.82) is 0 Å². The molecule has 0 bridgehead atoms. The van der Waals surface area contributed by atoms with Gasteiger partial charge in [0.05, 0.1) is 6.10 Å². The molecule has 0 amide bonds. The van der Waals surface area contributed by atoms with E-state index >= 15 is 0 Å². The van der Waals surface area contributed by atoms with Gasteiger partial charge < -0.3 is 10.4 Å². The lowest BCUT2D eigenvalue weighted by atomic mass is 10.1. The summed E-state index contributed by atoms with van der Waals surface area (Å²) in [6, 6.07) is 1.34. The van der Waals surface area contributed by atoms with Crippen molar-refractivity contribution >= 4 is 0 Å². The lowest BCUT2D eigenvalue weighted by Crippen LogP contribution is -2.35. The van der Waals surface area contributed by atoms with Crippen LogP contribution in [0.2, 0.25) is 0 Å². The molecular formula is C13H28N2O. The Morgan fingerprint density at radius 2 is 2.19 bits per heavy atom. The minimum Gasteiger partial charge on any atom is -0.393 e. The van der Waals surface area contributed by atoms with E-state index in [2.05, 4.69) is 24.1 Å². The predicted molar refractivity (Wildman–Crippen MR) is 68.6 cm³/mol. The van der Waals surface area contributed by atoms with E-state index in [4.69, 9.17) is 0 Å². The highest BCUT2D eigenvalue weighted by atomic mass is 16.3. The minimum atomic E-state index is -0.0995. The van der Waals surface area contributed by atoms with Gasteiger partial charge >= 0.3 is 0 Å². The number of aliphatic hydroxyl groups excluding tert-OH is 1. The molecule has 0 aliphatic carbocycles. The van der Waals surface area contributed by atoms with Crippen LogP contribution in [0.25, 0.3) is 0 Å². The maximum absolute atomic E-state index is 9.43. The van der Waals surface area contributed by atoms with Crippen molar-refractivity contribution in [3.05, 3.63) is 0 Å². The van der Waals surface area contributed by atoms with Crippen LogP contribution in [-0.2, 0) is 0 Å². The minimum absolute atomic E-state index is 0.0995. The number of nitrogens with one attached hydrogen (secondary N) is 1. The van der Waals surface area contributed by atoms with E-state index in [0.717, 1.165) is 25.8 Å². The van der Waals surface area contributed by atoms with E-state index in [1.807, 2.05) is 6.92 Å². The van der Waals surface area contributed by atoms with Gasteiger partial charge in [0.2, 0.25) is 0 Å². The first-order valence-electron chi connectivity index (χ1n) is 6.79. The lowest BCUT2D eigenvalue weighted by molar-refractivity contribution is 0.157. The highest BCUT2D eigenvalue weighted by molar-refractivity contribution is 4.82. The standard InChI is InChI=1S/C13H28N2O/c1-4-13(16)6-5-8-14-12-7-9-15(10-12)11(2)3/h11-14,16H,4-10H2,1-3H3. The molecule has 1 fully saturated rings. The maximum Gasteiger partial charge on any atom is 0.0538 e. The smallest absolute Gasteiger partial charge is 0.0538 e. The molecule has 1 rings (SSSR count). The fourth-order valence-electron chi connectivity index (χ4n) is 2.27. The summed E-state index contributed by atoms with van der Waals surface area (Å²) in [5, 5.41) is 13.0.